The molecule has 1 saturated carbocycles. The predicted octanol–water partition coefficient (Wildman–Crippen LogP) is 3.69. The molecule has 0 aliphatic heterocycles. The Morgan fingerprint density at radius 2 is 2.32 bits per heavy atom. The topological polar surface area (TPSA) is 44.1 Å². The minimum atomic E-state index is 0.230. The Balaban J connectivity index is 1.80. The van der Waals surface area contributed by atoms with Crippen molar-refractivity contribution in [2.75, 3.05) is 7.11 Å². The molecule has 0 atom stereocenters. The highest BCUT2D eigenvalue weighted by molar-refractivity contribution is 9.10. The molecule has 1 aromatic carbocycles. The summed E-state index contributed by atoms with van der Waals surface area (Å²) in [7, 11) is 1.66. The zero-order valence-corrected chi connectivity index (χ0v) is 13.9. The molecule has 1 fully saturated rings. The second-order valence-corrected chi connectivity index (χ2v) is 6.35. The van der Waals surface area contributed by atoms with Crippen LogP contribution in [0.1, 0.15) is 24.0 Å². The van der Waals surface area contributed by atoms with E-state index < -0.39 is 0 Å². The van der Waals surface area contributed by atoms with Gasteiger partial charge in [0, 0.05) is 17.7 Å². The summed E-state index contributed by atoms with van der Waals surface area (Å²) in [5.41, 5.74) is 2.02. The van der Waals surface area contributed by atoms with Gasteiger partial charge in [-0.1, -0.05) is 12.1 Å². The third kappa shape index (κ3) is 3.65. The Labute approximate surface area is 137 Å². The van der Waals surface area contributed by atoms with Gasteiger partial charge < -0.3 is 4.74 Å². The number of methoxy groups -OCH3 is 1. The number of rotatable bonds is 6. The van der Waals surface area contributed by atoms with E-state index >= 15 is 0 Å². The first-order valence-electron chi connectivity index (χ1n) is 7.22. The number of ether oxygens (including phenoxy) is 1. The van der Waals surface area contributed by atoms with Gasteiger partial charge in [-0.2, -0.15) is 5.10 Å². The fourth-order valence-electron chi connectivity index (χ4n) is 2.31. The average molecular weight is 361 g/mol. The summed E-state index contributed by atoms with van der Waals surface area (Å²) in [5, 5.41) is 4.26. The third-order valence-corrected chi connectivity index (χ3v) is 4.07. The maximum atomic E-state index is 11.7. The van der Waals surface area contributed by atoms with Gasteiger partial charge in [0.1, 0.15) is 5.75 Å². The Kier molecular flexibility index (Phi) is 4.43. The molecule has 1 aliphatic rings. The number of ketones is 1. The summed E-state index contributed by atoms with van der Waals surface area (Å²) in [6.45, 7) is 0.618. The Bertz CT molecular complexity index is 717. The van der Waals surface area contributed by atoms with Crippen LogP contribution < -0.4 is 4.74 Å². The Morgan fingerprint density at radius 3 is 2.95 bits per heavy atom. The van der Waals surface area contributed by atoms with Gasteiger partial charge >= 0.3 is 0 Å². The molecule has 0 bridgehead atoms. The molecular weight excluding hydrogens is 344 g/mol. The van der Waals surface area contributed by atoms with E-state index in [9.17, 15) is 4.79 Å². The highest BCUT2D eigenvalue weighted by atomic mass is 79.9. The molecule has 0 saturated heterocycles. The SMILES string of the molecule is COc1ccc(/C=C/C(=O)C2CC2)cc1Cn1cc(Br)cn1. The van der Waals surface area contributed by atoms with E-state index in [4.69, 9.17) is 4.74 Å². The quantitative estimate of drug-likeness (QED) is 0.737. The second-order valence-electron chi connectivity index (χ2n) is 5.44. The van der Waals surface area contributed by atoms with Gasteiger partial charge in [0.2, 0.25) is 0 Å². The molecule has 0 amide bonds. The second kappa shape index (κ2) is 6.48. The lowest BCUT2D eigenvalue weighted by Gasteiger charge is -2.09. The molecule has 1 aliphatic carbocycles. The molecule has 5 heteroatoms. The predicted molar refractivity (Wildman–Crippen MR) is 88.8 cm³/mol. The van der Waals surface area contributed by atoms with Crippen molar-refractivity contribution < 1.29 is 9.53 Å². The highest BCUT2D eigenvalue weighted by Gasteiger charge is 2.27. The van der Waals surface area contributed by atoms with Crippen molar-refractivity contribution in [3.05, 3.63) is 52.3 Å². The molecular formula is C17H17BrN2O2. The van der Waals surface area contributed by atoms with Crippen molar-refractivity contribution in [1.82, 2.24) is 9.78 Å². The number of aromatic nitrogens is 2. The maximum absolute atomic E-state index is 11.7. The van der Waals surface area contributed by atoms with Crippen molar-refractivity contribution in [3.63, 3.8) is 0 Å². The van der Waals surface area contributed by atoms with Crippen LogP contribution in [0.2, 0.25) is 0 Å². The summed E-state index contributed by atoms with van der Waals surface area (Å²) in [5.74, 6) is 1.31. The number of carbonyl (C=O) groups excluding carboxylic acids is 1. The zero-order chi connectivity index (χ0) is 15.5. The number of hydrogen-bond donors (Lipinski definition) is 0. The summed E-state index contributed by atoms with van der Waals surface area (Å²) < 4.78 is 8.19. The van der Waals surface area contributed by atoms with Crippen molar-refractivity contribution in [2.45, 2.75) is 19.4 Å². The standard InChI is InChI=1S/C17H17BrN2O2/c1-22-17-7-3-12(2-6-16(21)13-4-5-13)8-14(17)10-20-11-15(18)9-19-20/h2-3,6-9,11,13H,4-5,10H2,1H3/b6-2+. The molecule has 1 heterocycles. The Hall–Kier alpha value is -1.88. The summed E-state index contributed by atoms with van der Waals surface area (Å²) >= 11 is 3.39. The number of allylic oxidation sites excluding steroid dienone is 1. The number of benzene rings is 1. The number of nitrogens with zero attached hydrogens (tertiary/aromatic N) is 2. The summed E-state index contributed by atoms with van der Waals surface area (Å²) in [4.78, 5) is 11.7. The minimum Gasteiger partial charge on any atom is -0.496 e. The summed E-state index contributed by atoms with van der Waals surface area (Å²) in [6.07, 6.45) is 9.30. The number of hydrogen-bond acceptors (Lipinski definition) is 3. The zero-order valence-electron chi connectivity index (χ0n) is 12.3. The van der Waals surface area contributed by atoms with Crippen LogP contribution in [0.25, 0.3) is 6.08 Å². The number of carbonyl (C=O) groups is 1. The molecule has 0 N–H and O–H groups in total. The molecule has 4 nitrogen and oxygen atoms in total. The molecule has 2 aromatic rings. The van der Waals surface area contributed by atoms with Gasteiger partial charge in [0.05, 0.1) is 24.3 Å². The highest BCUT2D eigenvalue weighted by Crippen LogP contribution is 2.30. The van der Waals surface area contributed by atoms with E-state index in [1.807, 2.05) is 35.2 Å². The van der Waals surface area contributed by atoms with Crippen molar-refractivity contribution in [1.29, 1.82) is 0 Å². The van der Waals surface area contributed by atoms with Crippen LogP contribution in [0, 0.1) is 5.92 Å². The molecule has 0 radical (unpaired) electrons. The van der Waals surface area contributed by atoms with Crippen LogP contribution in [-0.2, 0) is 11.3 Å². The molecule has 1 aromatic heterocycles. The van der Waals surface area contributed by atoms with Crippen LogP contribution in [0.4, 0.5) is 0 Å². The minimum absolute atomic E-state index is 0.230. The third-order valence-electron chi connectivity index (χ3n) is 3.66. The lowest BCUT2D eigenvalue weighted by molar-refractivity contribution is -0.115. The van der Waals surface area contributed by atoms with Crippen molar-refractivity contribution >= 4 is 27.8 Å². The molecule has 0 spiro atoms. The van der Waals surface area contributed by atoms with Crippen LogP contribution in [0.3, 0.4) is 0 Å². The van der Waals surface area contributed by atoms with Gasteiger partial charge in [-0.3, -0.25) is 9.48 Å². The van der Waals surface area contributed by atoms with E-state index in [2.05, 4.69) is 21.0 Å². The molecule has 3 rings (SSSR count). The maximum Gasteiger partial charge on any atom is 0.158 e. The van der Waals surface area contributed by atoms with E-state index in [1.165, 1.54) is 0 Å². The molecule has 0 unspecified atom stereocenters. The Morgan fingerprint density at radius 1 is 1.50 bits per heavy atom. The molecule has 22 heavy (non-hydrogen) atoms. The first-order chi connectivity index (χ1) is 10.7. The fourth-order valence-corrected chi connectivity index (χ4v) is 2.64. The van der Waals surface area contributed by atoms with Gasteiger partial charge in [-0.25, -0.2) is 0 Å². The van der Waals surface area contributed by atoms with Crippen molar-refractivity contribution in [2.24, 2.45) is 5.92 Å². The smallest absolute Gasteiger partial charge is 0.158 e. The van der Waals surface area contributed by atoms with Gasteiger partial charge in [-0.15, -0.1) is 0 Å². The lowest BCUT2D eigenvalue weighted by Crippen LogP contribution is -2.02. The first-order valence-corrected chi connectivity index (χ1v) is 8.02. The number of halogens is 1. The fraction of sp³-hybridized carbons (Fsp3) is 0.294. The first kappa shape index (κ1) is 15.0. The van der Waals surface area contributed by atoms with Crippen molar-refractivity contribution in [3.8, 4) is 5.75 Å². The summed E-state index contributed by atoms with van der Waals surface area (Å²) in [6, 6.07) is 5.91. The van der Waals surface area contributed by atoms with E-state index in [1.54, 1.807) is 19.4 Å². The van der Waals surface area contributed by atoms with Crippen LogP contribution in [0.5, 0.6) is 5.75 Å². The van der Waals surface area contributed by atoms with E-state index in [0.29, 0.717) is 6.54 Å². The largest absolute Gasteiger partial charge is 0.496 e. The van der Waals surface area contributed by atoms with Crippen LogP contribution in [-0.4, -0.2) is 22.7 Å². The van der Waals surface area contributed by atoms with Gasteiger partial charge in [0.15, 0.2) is 5.78 Å². The van der Waals surface area contributed by atoms with E-state index in [0.717, 1.165) is 34.2 Å². The normalized spacial score (nSPS) is 14.5. The van der Waals surface area contributed by atoms with Gasteiger partial charge in [-0.05, 0) is 52.5 Å². The lowest BCUT2D eigenvalue weighted by atomic mass is 10.1. The van der Waals surface area contributed by atoms with E-state index in [-0.39, 0.29) is 11.7 Å². The van der Waals surface area contributed by atoms with Gasteiger partial charge in [0.25, 0.3) is 0 Å². The monoisotopic (exact) mass is 360 g/mol. The molecule has 114 valence electrons. The van der Waals surface area contributed by atoms with Crippen LogP contribution >= 0.6 is 15.9 Å². The van der Waals surface area contributed by atoms with Crippen LogP contribution in [0.15, 0.2) is 41.1 Å². The average Bonchev–Trinajstić information content (AvgIpc) is 3.29.